The van der Waals surface area contributed by atoms with Gasteiger partial charge in [0.15, 0.2) is 0 Å². The summed E-state index contributed by atoms with van der Waals surface area (Å²) in [6.07, 6.45) is 0. The Labute approximate surface area is 85.2 Å². The molecule has 0 aromatic rings. The molecule has 0 radical (unpaired) electrons. The molecule has 2 unspecified atom stereocenters. The number of hydrogen-bond donors (Lipinski definition) is 1. The highest BCUT2D eigenvalue weighted by Gasteiger charge is 2.19. The first-order chi connectivity index (χ1) is 6.52. The molecule has 0 spiro atoms. The summed E-state index contributed by atoms with van der Waals surface area (Å²) >= 11 is 0. The van der Waals surface area contributed by atoms with E-state index in [9.17, 15) is 4.79 Å². The lowest BCUT2D eigenvalue weighted by Crippen LogP contribution is -2.43. The van der Waals surface area contributed by atoms with Crippen molar-refractivity contribution in [3.63, 3.8) is 0 Å². The molecule has 0 aliphatic carbocycles. The Morgan fingerprint density at radius 2 is 2.07 bits per heavy atom. The van der Waals surface area contributed by atoms with Gasteiger partial charge in [-0.25, -0.2) is 0 Å². The third-order valence-electron chi connectivity index (χ3n) is 2.07. The SMILES string of the molecule is COCC(NC(=O)C(C)C#N)C(C)C. The van der Waals surface area contributed by atoms with Crippen molar-refractivity contribution >= 4 is 5.91 Å². The molecule has 0 saturated carbocycles. The Kier molecular flexibility index (Phi) is 5.89. The van der Waals surface area contributed by atoms with Crippen molar-refractivity contribution in [3.8, 4) is 6.07 Å². The molecule has 0 aromatic heterocycles. The topological polar surface area (TPSA) is 62.1 Å². The molecule has 80 valence electrons. The second kappa shape index (κ2) is 6.39. The van der Waals surface area contributed by atoms with Crippen LogP contribution in [-0.4, -0.2) is 25.7 Å². The molecule has 4 nitrogen and oxygen atoms in total. The predicted octanol–water partition coefficient (Wildman–Crippen LogP) is 0.933. The molecule has 0 aliphatic heterocycles. The number of nitriles is 1. The van der Waals surface area contributed by atoms with Crippen LogP contribution in [0.5, 0.6) is 0 Å². The lowest BCUT2D eigenvalue weighted by Gasteiger charge is -2.21. The number of nitrogens with one attached hydrogen (secondary N) is 1. The van der Waals surface area contributed by atoms with Crippen LogP contribution in [0.2, 0.25) is 0 Å². The highest BCUT2D eigenvalue weighted by atomic mass is 16.5. The van der Waals surface area contributed by atoms with E-state index < -0.39 is 5.92 Å². The van der Waals surface area contributed by atoms with Crippen LogP contribution < -0.4 is 5.32 Å². The zero-order chi connectivity index (χ0) is 11.1. The zero-order valence-corrected chi connectivity index (χ0v) is 9.20. The van der Waals surface area contributed by atoms with Crippen molar-refractivity contribution in [1.29, 1.82) is 5.26 Å². The molecular weight excluding hydrogens is 180 g/mol. The van der Waals surface area contributed by atoms with Gasteiger partial charge in [-0.1, -0.05) is 13.8 Å². The molecule has 0 heterocycles. The minimum absolute atomic E-state index is 0.0247. The quantitative estimate of drug-likeness (QED) is 0.715. The summed E-state index contributed by atoms with van der Waals surface area (Å²) < 4.78 is 4.98. The standard InChI is InChI=1S/C10H18N2O2/c1-7(2)9(6-14-4)12-10(13)8(3)5-11/h7-9H,6H2,1-4H3,(H,12,13). The van der Waals surface area contributed by atoms with E-state index in [0.29, 0.717) is 12.5 Å². The van der Waals surface area contributed by atoms with E-state index in [-0.39, 0.29) is 11.9 Å². The number of carbonyl (C=O) groups excluding carboxylic acids is 1. The molecule has 0 aliphatic rings. The van der Waals surface area contributed by atoms with Gasteiger partial charge < -0.3 is 10.1 Å². The van der Waals surface area contributed by atoms with Gasteiger partial charge >= 0.3 is 0 Å². The number of rotatable bonds is 5. The van der Waals surface area contributed by atoms with E-state index in [1.165, 1.54) is 0 Å². The van der Waals surface area contributed by atoms with Crippen LogP contribution in [0.15, 0.2) is 0 Å². The normalized spacial score (nSPS) is 14.6. The fraction of sp³-hybridized carbons (Fsp3) is 0.800. The average molecular weight is 198 g/mol. The molecular formula is C10H18N2O2. The van der Waals surface area contributed by atoms with Crippen LogP contribution in [0.4, 0.5) is 0 Å². The van der Waals surface area contributed by atoms with E-state index in [4.69, 9.17) is 10.00 Å². The summed E-state index contributed by atoms with van der Waals surface area (Å²) in [5.74, 6) is -0.541. The number of hydrogen-bond acceptors (Lipinski definition) is 3. The third kappa shape index (κ3) is 4.24. The number of ether oxygens (including phenoxy) is 1. The number of amides is 1. The Morgan fingerprint density at radius 3 is 2.43 bits per heavy atom. The summed E-state index contributed by atoms with van der Waals surface area (Å²) in [5, 5.41) is 11.3. The monoisotopic (exact) mass is 198 g/mol. The van der Waals surface area contributed by atoms with Gasteiger partial charge in [0.25, 0.3) is 0 Å². The second-order valence-corrected chi connectivity index (χ2v) is 3.67. The van der Waals surface area contributed by atoms with Gasteiger partial charge in [0.2, 0.25) is 5.91 Å². The molecule has 0 fully saturated rings. The van der Waals surface area contributed by atoms with Crippen molar-refractivity contribution < 1.29 is 9.53 Å². The average Bonchev–Trinajstić information content (AvgIpc) is 2.15. The fourth-order valence-corrected chi connectivity index (χ4v) is 0.947. The summed E-state index contributed by atoms with van der Waals surface area (Å²) in [6.45, 7) is 6.06. The smallest absolute Gasteiger partial charge is 0.237 e. The summed E-state index contributed by atoms with van der Waals surface area (Å²) in [4.78, 5) is 11.4. The van der Waals surface area contributed by atoms with Gasteiger partial charge in [-0.05, 0) is 12.8 Å². The minimum atomic E-state index is -0.604. The van der Waals surface area contributed by atoms with Crippen LogP contribution >= 0.6 is 0 Å². The third-order valence-corrected chi connectivity index (χ3v) is 2.07. The van der Waals surface area contributed by atoms with Crippen molar-refractivity contribution in [1.82, 2.24) is 5.32 Å². The molecule has 2 atom stereocenters. The molecule has 1 amide bonds. The molecule has 14 heavy (non-hydrogen) atoms. The van der Waals surface area contributed by atoms with Crippen molar-refractivity contribution in [2.75, 3.05) is 13.7 Å². The van der Waals surface area contributed by atoms with E-state index >= 15 is 0 Å². The van der Waals surface area contributed by atoms with Crippen LogP contribution in [-0.2, 0) is 9.53 Å². The van der Waals surface area contributed by atoms with Gasteiger partial charge in [0.1, 0.15) is 5.92 Å². The molecule has 0 aromatic carbocycles. The van der Waals surface area contributed by atoms with Crippen LogP contribution in [0, 0.1) is 23.2 Å². The molecule has 0 saturated heterocycles. The van der Waals surface area contributed by atoms with Gasteiger partial charge in [0.05, 0.1) is 18.7 Å². The number of nitrogens with zero attached hydrogens (tertiary/aromatic N) is 1. The lowest BCUT2D eigenvalue weighted by molar-refractivity contribution is -0.124. The first-order valence-electron chi connectivity index (χ1n) is 4.71. The van der Waals surface area contributed by atoms with E-state index in [0.717, 1.165) is 0 Å². The van der Waals surface area contributed by atoms with Crippen LogP contribution in [0.1, 0.15) is 20.8 Å². The maximum atomic E-state index is 11.4. The minimum Gasteiger partial charge on any atom is -0.383 e. The first kappa shape index (κ1) is 12.9. The highest BCUT2D eigenvalue weighted by molar-refractivity contribution is 5.80. The highest BCUT2D eigenvalue weighted by Crippen LogP contribution is 2.03. The largest absolute Gasteiger partial charge is 0.383 e. The Balaban J connectivity index is 4.17. The van der Waals surface area contributed by atoms with Gasteiger partial charge in [0, 0.05) is 7.11 Å². The second-order valence-electron chi connectivity index (χ2n) is 3.67. The fourth-order valence-electron chi connectivity index (χ4n) is 0.947. The van der Waals surface area contributed by atoms with Gasteiger partial charge in [-0.2, -0.15) is 5.26 Å². The molecule has 1 N–H and O–H groups in total. The lowest BCUT2D eigenvalue weighted by atomic mass is 10.0. The first-order valence-corrected chi connectivity index (χ1v) is 4.71. The van der Waals surface area contributed by atoms with Crippen LogP contribution in [0.3, 0.4) is 0 Å². The Hall–Kier alpha value is -1.08. The molecule has 0 rings (SSSR count). The summed E-state index contributed by atoms with van der Waals surface area (Å²) in [6, 6.07) is 1.87. The van der Waals surface area contributed by atoms with Crippen LogP contribution in [0.25, 0.3) is 0 Å². The summed E-state index contributed by atoms with van der Waals surface area (Å²) in [7, 11) is 1.59. The van der Waals surface area contributed by atoms with E-state index in [1.807, 2.05) is 19.9 Å². The summed E-state index contributed by atoms with van der Waals surface area (Å²) in [5.41, 5.74) is 0. The van der Waals surface area contributed by atoms with Crippen molar-refractivity contribution in [2.24, 2.45) is 11.8 Å². The molecule has 4 heteroatoms. The van der Waals surface area contributed by atoms with Gasteiger partial charge in [-0.15, -0.1) is 0 Å². The van der Waals surface area contributed by atoms with E-state index in [2.05, 4.69) is 5.32 Å². The predicted molar refractivity (Wildman–Crippen MR) is 53.4 cm³/mol. The van der Waals surface area contributed by atoms with E-state index in [1.54, 1.807) is 14.0 Å². The zero-order valence-electron chi connectivity index (χ0n) is 9.20. The maximum absolute atomic E-state index is 11.4. The van der Waals surface area contributed by atoms with Crippen molar-refractivity contribution in [3.05, 3.63) is 0 Å². The Morgan fingerprint density at radius 1 is 1.50 bits per heavy atom. The maximum Gasteiger partial charge on any atom is 0.237 e. The van der Waals surface area contributed by atoms with Crippen molar-refractivity contribution in [2.45, 2.75) is 26.8 Å². The number of methoxy groups -OCH3 is 1. The molecule has 0 bridgehead atoms. The Bertz CT molecular complexity index is 221. The van der Waals surface area contributed by atoms with Gasteiger partial charge in [-0.3, -0.25) is 4.79 Å². The number of carbonyl (C=O) groups is 1.